The van der Waals surface area contributed by atoms with Crippen molar-refractivity contribution < 1.29 is 23.9 Å². The molecule has 1 aliphatic heterocycles. The molecule has 2 aromatic carbocycles. The van der Waals surface area contributed by atoms with E-state index in [1.165, 1.54) is 30.0 Å². The molecule has 1 heterocycles. The van der Waals surface area contributed by atoms with Crippen molar-refractivity contribution in [3.05, 3.63) is 64.7 Å². The average Bonchev–Trinajstić information content (AvgIpc) is 2.98. The molecule has 0 spiro atoms. The first-order chi connectivity index (χ1) is 14.7. The number of hydrogen-bond acceptors (Lipinski definition) is 5. The number of benzene rings is 2. The number of anilines is 1. The third-order valence-electron chi connectivity index (χ3n) is 5.04. The fourth-order valence-corrected chi connectivity index (χ4v) is 3.30. The van der Waals surface area contributed by atoms with E-state index in [0.717, 1.165) is 12.0 Å². The van der Waals surface area contributed by atoms with Gasteiger partial charge in [-0.05, 0) is 55.2 Å². The van der Waals surface area contributed by atoms with Gasteiger partial charge < -0.3 is 10.1 Å². The van der Waals surface area contributed by atoms with Crippen molar-refractivity contribution in [3.8, 4) is 0 Å². The van der Waals surface area contributed by atoms with E-state index >= 15 is 0 Å². The van der Waals surface area contributed by atoms with Crippen LogP contribution in [-0.4, -0.2) is 41.2 Å². The maximum atomic E-state index is 12.6. The Morgan fingerprint density at radius 1 is 0.968 bits per heavy atom. The Morgan fingerprint density at radius 2 is 1.61 bits per heavy atom. The van der Waals surface area contributed by atoms with Gasteiger partial charge in [-0.15, -0.1) is 0 Å². The lowest BCUT2D eigenvalue weighted by Gasteiger charge is -2.15. The number of amides is 3. The van der Waals surface area contributed by atoms with Crippen LogP contribution in [0.15, 0.2) is 42.5 Å². The van der Waals surface area contributed by atoms with Crippen molar-refractivity contribution in [1.29, 1.82) is 0 Å². The molecule has 0 saturated carbocycles. The third-order valence-corrected chi connectivity index (χ3v) is 5.04. The zero-order valence-electron chi connectivity index (χ0n) is 18.1. The summed E-state index contributed by atoms with van der Waals surface area (Å²) in [6, 6.07) is 11.6. The van der Waals surface area contributed by atoms with Gasteiger partial charge in [-0.2, -0.15) is 0 Å². The second-order valence-electron chi connectivity index (χ2n) is 7.96. The highest BCUT2D eigenvalue weighted by molar-refractivity contribution is 6.22. The molecule has 0 saturated heterocycles. The highest BCUT2D eigenvalue weighted by Crippen LogP contribution is 2.25. The van der Waals surface area contributed by atoms with E-state index in [-0.39, 0.29) is 28.5 Å². The number of carbonyl (C=O) groups is 4. The summed E-state index contributed by atoms with van der Waals surface area (Å²) in [4.78, 5) is 51.1. The van der Waals surface area contributed by atoms with Gasteiger partial charge in [-0.1, -0.05) is 32.9 Å². The standard InChI is InChI=1S/C24H26N2O5/c1-5-16-6-9-18(10-7-16)25-21(27)15(4)31-24(30)17-8-11-19-20(12-17)23(29)26(22(19)28)13-14(2)3/h6-12,14-15H,5,13H2,1-4H3,(H,25,27)/t15-/m1/s1. The molecule has 0 aliphatic carbocycles. The van der Waals surface area contributed by atoms with Gasteiger partial charge in [0.25, 0.3) is 17.7 Å². The van der Waals surface area contributed by atoms with Crippen LogP contribution in [0.2, 0.25) is 0 Å². The maximum Gasteiger partial charge on any atom is 0.338 e. The molecule has 1 aliphatic rings. The molecule has 1 N–H and O–H groups in total. The Morgan fingerprint density at radius 3 is 2.23 bits per heavy atom. The summed E-state index contributed by atoms with van der Waals surface area (Å²) in [6.45, 7) is 7.65. The van der Waals surface area contributed by atoms with Crippen LogP contribution in [0, 0.1) is 5.92 Å². The first-order valence-corrected chi connectivity index (χ1v) is 10.3. The molecule has 0 unspecified atom stereocenters. The largest absolute Gasteiger partial charge is 0.449 e. The van der Waals surface area contributed by atoms with Gasteiger partial charge in [0, 0.05) is 12.2 Å². The van der Waals surface area contributed by atoms with Crippen LogP contribution >= 0.6 is 0 Å². The van der Waals surface area contributed by atoms with Gasteiger partial charge in [0.1, 0.15) is 0 Å². The molecule has 2 aromatic rings. The van der Waals surface area contributed by atoms with E-state index in [9.17, 15) is 19.2 Å². The molecule has 7 heteroatoms. The number of rotatable bonds is 7. The molecule has 31 heavy (non-hydrogen) atoms. The first kappa shape index (κ1) is 22.2. The predicted octanol–water partition coefficient (Wildman–Crippen LogP) is 3.69. The number of aryl methyl sites for hydroxylation is 1. The highest BCUT2D eigenvalue weighted by Gasteiger charge is 2.36. The Bertz CT molecular complexity index is 1030. The van der Waals surface area contributed by atoms with Gasteiger partial charge in [0.2, 0.25) is 0 Å². The average molecular weight is 422 g/mol. The smallest absolute Gasteiger partial charge is 0.338 e. The summed E-state index contributed by atoms with van der Waals surface area (Å²) in [5.74, 6) is -1.87. The molecule has 0 fully saturated rings. The first-order valence-electron chi connectivity index (χ1n) is 10.3. The summed E-state index contributed by atoms with van der Waals surface area (Å²) in [6.07, 6.45) is -0.145. The van der Waals surface area contributed by atoms with Crippen LogP contribution in [0.25, 0.3) is 0 Å². The van der Waals surface area contributed by atoms with Crippen LogP contribution in [0.3, 0.4) is 0 Å². The summed E-state index contributed by atoms with van der Waals surface area (Å²) >= 11 is 0. The van der Waals surface area contributed by atoms with Gasteiger partial charge in [0.05, 0.1) is 16.7 Å². The van der Waals surface area contributed by atoms with Gasteiger partial charge in [-0.3, -0.25) is 19.3 Å². The van der Waals surface area contributed by atoms with Gasteiger partial charge >= 0.3 is 5.97 Å². The molecule has 162 valence electrons. The fraction of sp³-hybridized carbons (Fsp3) is 0.333. The minimum absolute atomic E-state index is 0.109. The Balaban J connectivity index is 1.67. The zero-order valence-corrected chi connectivity index (χ0v) is 18.1. The summed E-state index contributed by atoms with van der Waals surface area (Å²) in [5, 5.41) is 2.71. The lowest BCUT2D eigenvalue weighted by atomic mass is 10.1. The van der Waals surface area contributed by atoms with E-state index in [2.05, 4.69) is 5.32 Å². The Hall–Kier alpha value is -3.48. The maximum absolute atomic E-state index is 12.6. The molecule has 1 atom stereocenters. The number of hydrogen-bond donors (Lipinski definition) is 1. The van der Waals surface area contributed by atoms with Crippen molar-refractivity contribution in [2.45, 2.75) is 40.2 Å². The van der Waals surface area contributed by atoms with Crippen LogP contribution in [-0.2, 0) is 16.0 Å². The molecule has 3 amide bonds. The number of nitrogens with one attached hydrogen (secondary N) is 1. The number of ether oxygens (including phenoxy) is 1. The van der Waals surface area contributed by atoms with Crippen LogP contribution in [0.5, 0.6) is 0 Å². The predicted molar refractivity (Wildman–Crippen MR) is 116 cm³/mol. The number of imide groups is 1. The summed E-state index contributed by atoms with van der Waals surface area (Å²) in [5.41, 5.74) is 2.31. The van der Waals surface area contributed by atoms with Gasteiger partial charge in [-0.25, -0.2) is 4.79 Å². The SMILES string of the molecule is CCc1ccc(NC(=O)[C@@H](C)OC(=O)c2ccc3c(c2)C(=O)N(CC(C)C)C3=O)cc1. The number of esters is 1. The van der Waals surface area contributed by atoms with Crippen LogP contribution in [0.4, 0.5) is 5.69 Å². The summed E-state index contributed by atoms with van der Waals surface area (Å²) in [7, 11) is 0. The summed E-state index contributed by atoms with van der Waals surface area (Å²) < 4.78 is 5.27. The number of carbonyl (C=O) groups excluding carboxylic acids is 4. The second-order valence-corrected chi connectivity index (χ2v) is 7.96. The van der Waals surface area contributed by atoms with Gasteiger partial charge in [0.15, 0.2) is 6.10 Å². The van der Waals surface area contributed by atoms with Crippen LogP contribution in [0.1, 0.15) is 64.3 Å². The zero-order chi connectivity index (χ0) is 22.7. The molecule has 3 rings (SSSR count). The Labute approximate surface area is 181 Å². The van der Waals surface area contributed by atoms with E-state index in [1.54, 1.807) is 12.1 Å². The van der Waals surface area contributed by atoms with E-state index < -0.39 is 23.9 Å². The van der Waals surface area contributed by atoms with E-state index in [4.69, 9.17) is 4.74 Å². The lowest BCUT2D eigenvalue weighted by Crippen LogP contribution is -2.33. The lowest BCUT2D eigenvalue weighted by molar-refractivity contribution is -0.123. The van der Waals surface area contributed by atoms with E-state index in [0.29, 0.717) is 12.2 Å². The quantitative estimate of drug-likeness (QED) is 0.543. The number of nitrogens with zero attached hydrogens (tertiary/aromatic N) is 1. The van der Waals surface area contributed by atoms with Crippen molar-refractivity contribution >= 4 is 29.4 Å². The molecule has 7 nitrogen and oxygen atoms in total. The fourth-order valence-electron chi connectivity index (χ4n) is 3.30. The molecular weight excluding hydrogens is 396 g/mol. The minimum Gasteiger partial charge on any atom is -0.449 e. The molecular formula is C24H26N2O5. The van der Waals surface area contributed by atoms with Crippen LogP contribution < -0.4 is 5.32 Å². The minimum atomic E-state index is -1.04. The topological polar surface area (TPSA) is 92.8 Å². The molecule has 0 bridgehead atoms. The monoisotopic (exact) mass is 422 g/mol. The number of fused-ring (bicyclic) bond motifs is 1. The van der Waals surface area contributed by atoms with Crippen molar-refractivity contribution in [3.63, 3.8) is 0 Å². The van der Waals surface area contributed by atoms with E-state index in [1.807, 2.05) is 32.9 Å². The highest BCUT2D eigenvalue weighted by atomic mass is 16.5. The Kier molecular flexibility index (Phi) is 6.53. The molecule has 0 aromatic heterocycles. The molecule has 0 radical (unpaired) electrons. The third kappa shape index (κ3) is 4.82. The van der Waals surface area contributed by atoms with Crippen molar-refractivity contribution in [1.82, 2.24) is 4.90 Å². The normalized spacial score (nSPS) is 13.9. The van der Waals surface area contributed by atoms with Crippen molar-refractivity contribution in [2.75, 3.05) is 11.9 Å². The second kappa shape index (κ2) is 9.12. The van der Waals surface area contributed by atoms with Crippen molar-refractivity contribution in [2.24, 2.45) is 5.92 Å².